The van der Waals surface area contributed by atoms with Crippen LogP contribution in [-0.4, -0.2) is 79.8 Å². The molecule has 0 atom stereocenters. The standard InChI is InChI=1S/C34H42N10O/c1-23(2)29-21-37-44-32(29)38-34(42-17-14-27(35)15-18-42)39-33(44)36-20-25-9-5-6-13-30(25)43-22-26-11-7-10-24(31(26)40-43)19-28(45)12-8-16-41(3)4/h5-13,21-23,27H,14-20,35H2,1-4H3,(H,36,38,39)/b12-8+. The van der Waals surface area contributed by atoms with Gasteiger partial charge in [-0.3, -0.25) is 4.79 Å². The molecule has 0 radical (unpaired) electrons. The minimum atomic E-state index is 0.0608. The molecule has 0 amide bonds. The molecule has 0 aliphatic carbocycles. The van der Waals surface area contributed by atoms with Gasteiger partial charge in [-0.15, -0.1) is 0 Å². The lowest BCUT2D eigenvalue weighted by atomic mass is 10.1. The Morgan fingerprint density at radius 1 is 1.09 bits per heavy atom. The predicted molar refractivity (Wildman–Crippen MR) is 179 cm³/mol. The maximum Gasteiger partial charge on any atom is 0.230 e. The largest absolute Gasteiger partial charge is 0.350 e. The van der Waals surface area contributed by atoms with Crippen LogP contribution in [0.3, 0.4) is 0 Å². The topological polar surface area (TPSA) is 122 Å². The van der Waals surface area contributed by atoms with Gasteiger partial charge in [0.2, 0.25) is 11.9 Å². The number of hydrogen-bond donors (Lipinski definition) is 2. The van der Waals surface area contributed by atoms with Crippen molar-refractivity contribution in [3.05, 3.63) is 83.7 Å². The predicted octanol–water partition coefficient (Wildman–Crippen LogP) is 4.36. The van der Waals surface area contributed by atoms with Crippen LogP contribution in [0.1, 0.15) is 49.3 Å². The molecule has 1 saturated heterocycles. The van der Waals surface area contributed by atoms with Crippen LogP contribution in [0.4, 0.5) is 11.9 Å². The van der Waals surface area contributed by atoms with Crippen LogP contribution in [0.5, 0.6) is 0 Å². The highest BCUT2D eigenvalue weighted by Crippen LogP contribution is 2.26. The lowest BCUT2D eigenvalue weighted by molar-refractivity contribution is -0.114. The van der Waals surface area contributed by atoms with Crippen molar-refractivity contribution < 1.29 is 4.79 Å². The summed E-state index contributed by atoms with van der Waals surface area (Å²) in [5.74, 6) is 1.67. The number of piperidine rings is 1. The highest BCUT2D eigenvalue weighted by Gasteiger charge is 2.22. The summed E-state index contributed by atoms with van der Waals surface area (Å²) in [5.41, 5.74) is 11.8. The van der Waals surface area contributed by atoms with E-state index in [4.69, 9.17) is 20.8 Å². The Kier molecular flexibility index (Phi) is 8.90. The number of ketones is 1. The van der Waals surface area contributed by atoms with E-state index in [1.165, 1.54) is 0 Å². The van der Waals surface area contributed by atoms with Crippen molar-refractivity contribution in [2.75, 3.05) is 43.9 Å². The monoisotopic (exact) mass is 606 g/mol. The summed E-state index contributed by atoms with van der Waals surface area (Å²) in [7, 11) is 3.96. The molecule has 2 aromatic carbocycles. The fraction of sp³-hybridized carbons (Fsp3) is 0.382. The van der Waals surface area contributed by atoms with Crippen LogP contribution in [0.2, 0.25) is 0 Å². The number of benzene rings is 2. The maximum absolute atomic E-state index is 12.7. The Hall–Kier alpha value is -4.61. The van der Waals surface area contributed by atoms with Crippen LogP contribution < -0.4 is 16.0 Å². The van der Waals surface area contributed by atoms with Gasteiger partial charge in [0.15, 0.2) is 11.4 Å². The summed E-state index contributed by atoms with van der Waals surface area (Å²) < 4.78 is 3.70. The summed E-state index contributed by atoms with van der Waals surface area (Å²) in [6.07, 6.45) is 9.61. The molecular weight excluding hydrogens is 564 g/mol. The van der Waals surface area contributed by atoms with Crippen molar-refractivity contribution in [2.45, 2.75) is 51.6 Å². The molecule has 5 aromatic rings. The molecule has 6 rings (SSSR count). The van der Waals surface area contributed by atoms with Crippen LogP contribution in [-0.2, 0) is 17.8 Å². The Labute approximate surface area is 263 Å². The molecule has 234 valence electrons. The summed E-state index contributed by atoms with van der Waals surface area (Å²) in [4.78, 5) is 26.8. The third-order valence-corrected chi connectivity index (χ3v) is 8.26. The van der Waals surface area contributed by atoms with Crippen molar-refractivity contribution in [3.63, 3.8) is 0 Å². The number of fused-ring (bicyclic) bond motifs is 2. The van der Waals surface area contributed by atoms with Crippen LogP contribution >= 0.6 is 0 Å². The molecular formula is C34H42N10O. The number of nitrogens with zero attached hydrogens (tertiary/aromatic N) is 8. The van der Waals surface area contributed by atoms with Gasteiger partial charge in [-0.2, -0.15) is 24.7 Å². The van der Waals surface area contributed by atoms with E-state index in [-0.39, 0.29) is 17.7 Å². The zero-order chi connectivity index (χ0) is 31.5. The Balaban J connectivity index is 1.28. The first-order valence-electron chi connectivity index (χ1n) is 15.7. The van der Waals surface area contributed by atoms with Gasteiger partial charge in [0, 0.05) is 55.8 Å². The normalized spacial score (nSPS) is 14.5. The van der Waals surface area contributed by atoms with Gasteiger partial charge in [-0.25, -0.2) is 4.68 Å². The Morgan fingerprint density at radius 3 is 2.64 bits per heavy atom. The van der Waals surface area contributed by atoms with E-state index < -0.39 is 0 Å². The van der Waals surface area contributed by atoms with Crippen LogP contribution in [0, 0.1) is 0 Å². The fourth-order valence-electron chi connectivity index (χ4n) is 5.72. The van der Waals surface area contributed by atoms with Crippen molar-refractivity contribution in [1.29, 1.82) is 0 Å². The van der Waals surface area contributed by atoms with Gasteiger partial charge >= 0.3 is 0 Å². The molecule has 4 heterocycles. The van der Waals surface area contributed by atoms with Crippen molar-refractivity contribution in [2.24, 2.45) is 5.73 Å². The second-order valence-electron chi connectivity index (χ2n) is 12.4. The fourth-order valence-corrected chi connectivity index (χ4v) is 5.72. The number of para-hydroxylation sites is 1. The van der Waals surface area contributed by atoms with Crippen LogP contribution in [0.15, 0.2) is 67.0 Å². The minimum absolute atomic E-state index is 0.0608. The SMILES string of the molecule is CC(C)c1cnn2c(NCc3ccccc3-n3cc4cccc(CC(=O)/C=C/CN(C)C)c4n3)nc(N3CCC(N)CC3)nc12. The number of hydrogen-bond acceptors (Lipinski definition) is 9. The van der Waals surface area contributed by atoms with Crippen molar-refractivity contribution in [3.8, 4) is 5.69 Å². The summed E-state index contributed by atoms with van der Waals surface area (Å²) in [5, 5.41) is 14.2. The first-order chi connectivity index (χ1) is 21.8. The van der Waals surface area contributed by atoms with E-state index in [0.29, 0.717) is 24.9 Å². The zero-order valence-corrected chi connectivity index (χ0v) is 26.5. The number of anilines is 2. The van der Waals surface area contributed by atoms with Gasteiger partial charge in [0.05, 0.1) is 17.4 Å². The lowest BCUT2D eigenvalue weighted by Crippen LogP contribution is -2.40. The lowest BCUT2D eigenvalue weighted by Gasteiger charge is -2.30. The number of nitrogens with one attached hydrogen (secondary N) is 1. The molecule has 1 aliphatic heterocycles. The van der Waals surface area contributed by atoms with Gasteiger partial charge in [-0.05, 0) is 56.1 Å². The summed E-state index contributed by atoms with van der Waals surface area (Å²) in [6.45, 7) is 7.19. The van der Waals surface area contributed by atoms with E-state index in [9.17, 15) is 4.79 Å². The third kappa shape index (κ3) is 6.74. The van der Waals surface area contributed by atoms with E-state index in [1.807, 2.05) is 72.5 Å². The van der Waals surface area contributed by atoms with Crippen molar-refractivity contribution in [1.82, 2.24) is 34.3 Å². The van der Waals surface area contributed by atoms with Crippen LogP contribution in [0.25, 0.3) is 22.2 Å². The molecule has 3 N–H and O–H groups in total. The highest BCUT2D eigenvalue weighted by molar-refractivity contribution is 5.94. The molecule has 0 saturated carbocycles. The summed E-state index contributed by atoms with van der Waals surface area (Å²) >= 11 is 0. The molecule has 1 aliphatic rings. The molecule has 0 spiro atoms. The third-order valence-electron chi connectivity index (χ3n) is 8.26. The van der Waals surface area contributed by atoms with E-state index in [0.717, 1.165) is 71.4 Å². The molecule has 11 nitrogen and oxygen atoms in total. The minimum Gasteiger partial charge on any atom is -0.350 e. The van der Waals surface area contributed by atoms with Gasteiger partial charge < -0.3 is 20.9 Å². The molecule has 3 aromatic heterocycles. The average Bonchev–Trinajstić information content (AvgIpc) is 3.66. The average molecular weight is 607 g/mol. The molecule has 0 bridgehead atoms. The molecule has 11 heteroatoms. The second-order valence-corrected chi connectivity index (χ2v) is 12.4. The second kappa shape index (κ2) is 13.2. The van der Waals surface area contributed by atoms with E-state index >= 15 is 0 Å². The summed E-state index contributed by atoms with van der Waals surface area (Å²) in [6, 6.07) is 14.4. The van der Waals surface area contributed by atoms with Gasteiger partial charge in [0.25, 0.3) is 0 Å². The number of carbonyl (C=O) groups excluding carboxylic acids is 1. The smallest absolute Gasteiger partial charge is 0.230 e. The van der Waals surface area contributed by atoms with Gasteiger partial charge in [-0.1, -0.05) is 56.3 Å². The molecule has 45 heavy (non-hydrogen) atoms. The quantitative estimate of drug-likeness (QED) is 0.211. The van der Waals surface area contributed by atoms with E-state index in [2.05, 4.69) is 41.3 Å². The number of allylic oxidation sites excluding steroid dienone is 1. The number of carbonyl (C=O) groups is 1. The molecule has 1 fully saturated rings. The van der Waals surface area contributed by atoms with E-state index in [1.54, 1.807) is 10.6 Å². The number of rotatable bonds is 11. The first-order valence-corrected chi connectivity index (χ1v) is 15.7. The zero-order valence-electron chi connectivity index (χ0n) is 26.5. The number of aromatic nitrogens is 6. The van der Waals surface area contributed by atoms with Crippen molar-refractivity contribution >= 4 is 34.2 Å². The maximum atomic E-state index is 12.7. The first kappa shape index (κ1) is 30.4. The highest BCUT2D eigenvalue weighted by atomic mass is 16.1. The Morgan fingerprint density at radius 2 is 1.87 bits per heavy atom. The number of nitrogens with two attached hydrogens (primary N) is 1. The molecule has 0 unspecified atom stereocenters. The van der Waals surface area contributed by atoms with Gasteiger partial charge in [0.1, 0.15) is 0 Å². The Bertz CT molecular complexity index is 1830. The number of likely N-dealkylation sites (N-methyl/N-ethyl adjacent to an activating group) is 1.